The van der Waals surface area contributed by atoms with Gasteiger partial charge in [0.25, 0.3) is 0 Å². The minimum atomic E-state index is 0.533. The molecule has 0 aliphatic heterocycles. The number of nitrogen functional groups attached to an aromatic ring is 1. The quantitative estimate of drug-likeness (QED) is 0.804. The topological polar surface area (TPSA) is 64.7 Å². The van der Waals surface area contributed by atoms with Crippen LogP contribution in [0.2, 0.25) is 0 Å². The summed E-state index contributed by atoms with van der Waals surface area (Å²) in [5.41, 5.74) is 6.69. The fraction of sp³-hybridized carbons (Fsp3) is 0.182. The number of anilines is 1. The molecule has 0 amide bonds. The Balaban J connectivity index is 2.35. The molecule has 4 nitrogen and oxygen atoms in total. The van der Waals surface area contributed by atoms with Crippen LogP contribution in [0.3, 0.4) is 0 Å². The van der Waals surface area contributed by atoms with E-state index in [0.29, 0.717) is 11.6 Å². The first-order valence-electron chi connectivity index (χ1n) is 4.86. The number of nitrogens with zero attached hydrogens (tertiary/aromatic N) is 3. The molecule has 5 heteroatoms. The van der Waals surface area contributed by atoms with E-state index in [1.807, 2.05) is 32.0 Å². The lowest BCUT2D eigenvalue weighted by atomic mass is 10.3. The first-order valence-corrected chi connectivity index (χ1v) is 5.68. The summed E-state index contributed by atoms with van der Waals surface area (Å²) in [7, 11) is 0. The van der Waals surface area contributed by atoms with Gasteiger partial charge in [0.1, 0.15) is 21.7 Å². The molecule has 0 unspecified atom stereocenters. The summed E-state index contributed by atoms with van der Waals surface area (Å²) in [6.07, 6.45) is 1.76. The smallest absolute Gasteiger partial charge is 0.131 e. The Bertz CT molecular complexity index is 499. The van der Waals surface area contributed by atoms with Crippen LogP contribution in [0.4, 0.5) is 5.82 Å². The molecule has 2 heterocycles. The van der Waals surface area contributed by atoms with Crippen molar-refractivity contribution < 1.29 is 0 Å². The predicted octanol–water partition coefficient (Wildman–Crippen LogP) is 2.22. The molecule has 2 aromatic rings. The summed E-state index contributed by atoms with van der Waals surface area (Å²) in [5, 5.41) is 1.77. The summed E-state index contributed by atoms with van der Waals surface area (Å²) in [6.45, 7) is 3.75. The van der Waals surface area contributed by atoms with Gasteiger partial charge in [-0.25, -0.2) is 15.0 Å². The average Bonchev–Trinajstić information content (AvgIpc) is 2.27. The van der Waals surface area contributed by atoms with Gasteiger partial charge in [-0.1, -0.05) is 6.07 Å². The highest BCUT2D eigenvalue weighted by Crippen LogP contribution is 2.28. The van der Waals surface area contributed by atoms with E-state index in [2.05, 4.69) is 15.0 Å². The van der Waals surface area contributed by atoms with Crippen LogP contribution in [0.1, 0.15) is 11.4 Å². The molecule has 0 aromatic carbocycles. The summed E-state index contributed by atoms with van der Waals surface area (Å²) in [5.74, 6) is 1.22. The van der Waals surface area contributed by atoms with Crippen molar-refractivity contribution in [1.82, 2.24) is 15.0 Å². The molecule has 2 rings (SSSR count). The van der Waals surface area contributed by atoms with E-state index in [4.69, 9.17) is 5.73 Å². The molecule has 82 valence electrons. The van der Waals surface area contributed by atoms with Gasteiger partial charge in [-0.15, -0.1) is 0 Å². The van der Waals surface area contributed by atoms with Crippen LogP contribution in [-0.4, -0.2) is 15.0 Å². The van der Waals surface area contributed by atoms with Crippen LogP contribution in [0, 0.1) is 13.8 Å². The molecule has 0 radical (unpaired) electrons. The molecule has 2 aromatic heterocycles. The second-order valence-electron chi connectivity index (χ2n) is 3.36. The fourth-order valence-corrected chi connectivity index (χ4v) is 2.12. The van der Waals surface area contributed by atoms with Gasteiger partial charge in [-0.3, -0.25) is 0 Å². The van der Waals surface area contributed by atoms with Crippen molar-refractivity contribution in [3.8, 4) is 0 Å². The Morgan fingerprint density at radius 1 is 1.19 bits per heavy atom. The number of pyridine rings is 1. The third-order valence-corrected chi connectivity index (χ3v) is 3.13. The second kappa shape index (κ2) is 4.49. The first kappa shape index (κ1) is 10.9. The number of nitrogens with two attached hydrogens (primary N) is 1. The van der Waals surface area contributed by atoms with Crippen LogP contribution in [-0.2, 0) is 0 Å². The largest absolute Gasteiger partial charge is 0.383 e. The number of rotatable bonds is 2. The van der Waals surface area contributed by atoms with Gasteiger partial charge in [0.15, 0.2) is 0 Å². The van der Waals surface area contributed by atoms with Crippen molar-refractivity contribution in [1.29, 1.82) is 0 Å². The van der Waals surface area contributed by atoms with Crippen LogP contribution in [0.15, 0.2) is 34.4 Å². The van der Waals surface area contributed by atoms with Gasteiger partial charge in [0, 0.05) is 11.8 Å². The molecule has 0 spiro atoms. The van der Waals surface area contributed by atoms with Crippen molar-refractivity contribution in [3.05, 3.63) is 35.8 Å². The normalized spacial score (nSPS) is 10.4. The Morgan fingerprint density at radius 2 is 2.00 bits per heavy atom. The number of hydrogen-bond donors (Lipinski definition) is 1. The molecular formula is C11H12N4S. The zero-order chi connectivity index (χ0) is 11.5. The lowest BCUT2D eigenvalue weighted by molar-refractivity contribution is 0.943. The van der Waals surface area contributed by atoms with Crippen LogP contribution in [0.25, 0.3) is 0 Å². The third kappa shape index (κ3) is 2.30. The molecule has 0 fully saturated rings. The van der Waals surface area contributed by atoms with E-state index < -0.39 is 0 Å². The highest BCUT2D eigenvalue weighted by molar-refractivity contribution is 7.99. The molecule has 0 aliphatic carbocycles. The third-order valence-electron chi connectivity index (χ3n) is 2.09. The summed E-state index contributed by atoms with van der Waals surface area (Å²) >= 11 is 1.50. The van der Waals surface area contributed by atoms with Crippen LogP contribution < -0.4 is 5.73 Å². The highest BCUT2D eigenvalue weighted by atomic mass is 32.2. The van der Waals surface area contributed by atoms with Gasteiger partial charge in [0.2, 0.25) is 0 Å². The minimum Gasteiger partial charge on any atom is -0.383 e. The number of hydrogen-bond acceptors (Lipinski definition) is 5. The summed E-state index contributed by atoms with van der Waals surface area (Å²) in [6, 6.07) is 5.77. The monoisotopic (exact) mass is 232 g/mol. The Labute approximate surface area is 98.3 Å². The van der Waals surface area contributed by atoms with E-state index in [9.17, 15) is 0 Å². The lowest BCUT2D eigenvalue weighted by Crippen LogP contribution is -2.01. The van der Waals surface area contributed by atoms with Gasteiger partial charge in [0.05, 0.1) is 0 Å². The van der Waals surface area contributed by atoms with E-state index >= 15 is 0 Å². The maximum Gasteiger partial charge on any atom is 0.131 e. The van der Waals surface area contributed by atoms with E-state index in [1.165, 1.54) is 11.8 Å². The fourth-order valence-electron chi connectivity index (χ4n) is 1.23. The summed E-state index contributed by atoms with van der Waals surface area (Å²) in [4.78, 5) is 12.7. The van der Waals surface area contributed by atoms with Crippen LogP contribution >= 0.6 is 11.8 Å². The van der Waals surface area contributed by atoms with Crippen molar-refractivity contribution >= 4 is 17.6 Å². The SMILES string of the molecule is Cc1nc(N)c(C)c(Sc2ccccn2)n1. The van der Waals surface area contributed by atoms with Gasteiger partial charge in [-0.05, 0) is 37.7 Å². The zero-order valence-corrected chi connectivity index (χ0v) is 9.95. The molecule has 0 aliphatic rings. The maximum absolute atomic E-state index is 5.79. The Kier molecular flexibility index (Phi) is 3.05. The molecule has 0 atom stereocenters. The molecule has 16 heavy (non-hydrogen) atoms. The maximum atomic E-state index is 5.79. The number of aromatic nitrogens is 3. The Hall–Kier alpha value is -1.62. The Morgan fingerprint density at radius 3 is 2.69 bits per heavy atom. The van der Waals surface area contributed by atoms with Crippen molar-refractivity contribution in [2.45, 2.75) is 23.9 Å². The standard InChI is InChI=1S/C11H12N4S/c1-7-10(12)14-8(2)15-11(7)16-9-5-3-4-6-13-9/h3-6H,1-2H3,(H2,12,14,15). The predicted molar refractivity (Wildman–Crippen MR) is 64.3 cm³/mol. The second-order valence-corrected chi connectivity index (χ2v) is 4.37. The highest BCUT2D eigenvalue weighted by Gasteiger charge is 2.08. The van der Waals surface area contributed by atoms with E-state index in [1.54, 1.807) is 6.20 Å². The molecular weight excluding hydrogens is 220 g/mol. The van der Waals surface area contributed by atoms with E-state index in [0.717, 1.165) is 15.6 Å². The van der Waals surface area contributed by atoms with Gasteiger partial charge >= 0.3 is 0 Å². The molecule has 0 saturated carbocycles. The lowest BCUT2D eigenvalue weighted by Gasteiger charge is -2.06. The summed E-state index contributed by atoms with van der Waals surface area (Å²) < 4.78 is 0. The van der Waals surface area contributed by atoms with Crippen molar-refractivity contribution in [3.63, 3.8) is 0 Å². The average molecular weight is 232 g/mol. The van der Waals surface area contributed by atoms with Crippen LogP contribution in [0.5, 0.6) is 0 Å². The minimum absolute atomic E-state index is 0.533. The molecule has 0 saturated heterocycles. The van der Waals surface area contributed by atoms with Crippen molar-refractivity contribution in [2.24, 2.45) is 0 Å². The van der Waals surface area contributed by atoms with Crippen molar-refractivity contribution in [2.75, 3.05) is 5.73 Å². The molecule has 2 N–H and O–H groups in total. The molecule has 0 bridgehead atoms. The van der Waals surface area contributed by atoms with E-state index in [-0.39, 0.29) is 0 Å². The zero-order valence-electron chi connectivity index (χ0n) is 9.14. The van der Waals surface area contributed by atoms with Gasteiger partial charge in [-0.2, -0.15) is 0 Å². The first-order chi connectivity index (χ1) is 7.66. The van der Waals surface area contributed by atoms with Gasteiger partial charge < -0.3 is 5.73 Å². The number of aryl methyl sites for hydroxylation is 1.